The lowest BCUT2D eigenvalue weighted by Crippen LogP contribution is -2.59. The molecule has 0 saturated carbocycles. The van der Waals surface area contributed by atoms with Crippen molar-refractivity contribution in [3.63, 3.8) is 0 Å². The molecule has 1 unspecified atom stereocenters. The number of aryl methyl sites for hydroxylation is 1. The summed E-state index contributed by atoms with van der Waals surface area (Å²) in [6.07, 6.45) is 2.99. The molecule has 4 atom stereocenters. The SMILES string of the molecule is COCCNC(=O)C[C@@H]1CN[C@H](C(=O)C2CC(c3ccc(C#N)cc3C)=CCN2)[C@@H](C(=O)NO)C1. The van der Waals surface area contributed by atoms with Crippen molar-refractivity contribution in [3.05, 3.63) is 41.0 Å². The molecule has 1 saturated heterocycles. The summed E-state index contributed by atoms with van der Waals surface area (Å²) in [6, 6.07) is 6.33. The predicted octanol–water partition coefficient (Wildman–Crippen LogP) is 0.434. The number of Topliss-reactive ketones (excluding diaryl/α,β-unsaturated/α-hetero) is 1. The molecular formula is C25H33N5O5. The van der Waals surface area contributed by atoms with Crippen LogP contribution in [-0.4, -0.2) is 68.2 Å². The number of hydroxylamine groups is 1. The first-order valence-corrected chi connectivity index (χ1v) is 11.8. The predicted molar refractivity (Wildman–Crippen MR) is 128 cm³/mol. The van der Waals surface area contributed by atoms with Crippen LogP contribution in [0.15, 0.2) is 24.3 Å². The van der Waals surface area contributed by atoms with Gasteiger partial charge < -0.3 is 20.7 Å². The number of rotatable bonds is 9. The minimum Gasteiger partial charge on any atom is -0.383 e. The Morgan fingerprint density at radius 3 is 2.77 bits per heavy atom. The fourth-order valence-electron chi connectivity index (χ4n) is 4.87. The highest BCUT2D eigenvalue weighted by Crippen LogP contribution is 2.30. The summed E-state index contributed by atoms with van der Waals surface area (Å²) in [5.74, 6) is -1.90. The van der Waals surface area contributed by atoms with E-state index in [0.29, 0.717) is 44.6 Å². The molecule has 1 aromatic carbocycles. The number of ketones is 1. The maximum atomic E-state index is 13.5. The zero-order chi connectivity index (χ0) is 25.4. The van der Waals surface area contributed by atoms with Crippen LogP contribution in [0.2, 0.25) is 0 Å². The first-order valence-electron chi connectivity index (χ1n) is 11.8. The molecule has 0 aromatic heterocycles. The molecule has 0 radical (unpaired) electrons. The second-order valence-electron chi connectivity index (χ2n) is 9.06. The van der Waals surface area contributed by atoms with E-state index in [9.17, 15) is 19.6 Å². The van der Waals surface area contributed by atoms with Crippen molar-refractivity contribution in [1.29, 1.82) is 5.26 Å². The third-order valence-electron chi connectivity index (χ3n) is 6.65. The summed E-state index contributed by atoms with van der Waals surface area (Å²) < 4.78 is 4.93. The number of nitriles is 1. The van der Waals surface area contributed by atoms with E-state index in [1.165, 1.54) is 0 Å². The molecule has 0 bridgehead atoms. The van der Waals surface area contributed by atoms with Gasteiger partial charge in [0.25, 0.3) is 0 Å². The van der Waals surface area contributed by atoms with Gasteiger partial charge in [-0.05, 0) is 61.1 Å². The lowest BCUT2D eigenvalue weighted by molar-refractivity contribution is -0.140. The van der Waals surface area contributed by atoms with E-state index in [2.05, 4.69) is 22.0 Å². The number of carbonyl (C=O) groups excluding carboxylic acids is 3. The van der Waals surface area contributed by atoms with Crippen molar-refractivity contribution in [2.75, 3.05) is 33.4 Å². The van der Waals surface area contributed by atoms with Gasteiger partial charge in [-0.2, -0.15) is 5.26 Å². The fourth-order valence-corrected chi connectivity index (χ4v) is 4.87. The summed E-state index contributed by atoms with van der Waals surface area (Å²) in [7, 11) is 1.55. The van der Waals surface area contributed by atoms with E-state index in [1.54, 1.807) is 18.7 Å². The maximum Gasteiger partial charge on any atom is 0.248 e. The van der Waals surface area contributed by atoms with Crippen LogP contribution >= 0.6 is 0 Å². The van der Waals surface area contributed by atoms with Crippen LogP contribution in [-0.2, 0) is 19.1 Å². The van der Waals surface area contributed by atoms with Crippen LogP contribution in [0.1, 0.15) is 36.0 Å². The average molecular weight is 484 g/mol. The quantitative estimate of drug-likeness (QED) is 0.193. The molecule has 1 fully saturated rings. The Labute approximate surface area is 205 Å². The minimum absolute atomic E-state index is 0.150. The standard InChI is InChI=1S/C25H33N5O5/c1-15-9-16(13-26)3-4-19(15)18-5-6-27-21(12-18)24(32)23-20(25(33)30-34)10-17(14-29-23)11-22(31)28-7-8-35-2/h3-5,9,17,20-21,23,27,29,34H,6-8,10-12,14H2,1-2H3,(H,28,31)(H,30,33)/t17-,20+,21?,23+/m1/s1. The van der Waals surface area contributed by atoms with E-state index in [1.807, 2.05) is 25.1 Å². The Kier molecular flexibility index (Phi) is 9.51. The number of methoxy groups -OCH3 is 1. The van der Waals surface area contributed by atoms with Crippen molar-refractivity contribution >= 4 is 23.2 Å². The number of nitrogens with zero attached hydrogens (tertiary/aromatic N) is 1. The molecule has 3 rings (SSSR count). The van der Waals surface area contributed by atoms with Crippen molar-refractivity contribution in [3.8, 4) is 6.07 Å². The van der Waals surface area contributed by atoms with Crippen LogP contribution in [0.5, 0.6) is 0 Å². The Balaban J connectivity index is 1.67. The van der Waals surface area contributed by atoms with E-state index in [0.717, 1.165) is 16.7 Å². The van der Waals surface area contributed by atoms with Gasteiger partial charge >= 0.3 is 0 Å². The van der Waals surface area contributed by atoms with Crippen LogP contribution in [0.25, 0.3) is 5.57 Å². The van der Waals surface area contributed by atoms with Gasteiger partial charge in [-0.1, -0.05) is 12.1 Å². The number of benzene rings is 1. The highest BCUT2D eigenvalue weighted by atomic mass is 16.5. The lowest BCUT2D eigenvalue weighted by atomic mass is 9.78. The molecule has 10 heteroatoms. The summed E-state index contributed by atoms with van der Waals surface area (Å²) in [5, 5.41) is 27.6. The van der Waals surface area contributed by atoms with E-state index in [4.69, 9.17) is 10.00 Å². The van der Waals surface area contributed by atoms with Gasteiger partial charge in [-0.15, -0.1) is 0 Å². The highest BCUT2D eigenvalue weighted by molar-refractivity contribution is 5.96. The Hall–Kier alpha value is -3.10. The number of amides is 2. The molecule has 188 valence electrons. The smallest absolute Gasteiger partial charge is 0.248 e. The molecule has 35 heavy (non-hydrogen) atoms. The van der Waals surface area contributed by atoms with Gasteiger partial charge in [0.15, 0.2) is 5.78 Å². The molecule has 0 aliphatic carbocycles. The number of carbonyl (C=O) groups is 3. The van der Waals surface area contributed by atoms with Gasteiger partial charge in [0, 0.05) is 26.6 Å². The molecule has 2 aliphatic rings. The van der Waals surface area contributed by atoms with Gasteiger partial charge in [-0.3, -0.25) is 19.6 Å². The van der Waals surface area contributed by atoms with Crippen molar-refractivity contribution in [2.45, 2.75) is 38.3 Å². The third-order valence-corrected chi connectivity index (χ3v) is 6.65. The van der Waals surface area contributed by atoms with E-state index < -0.39 is 23.9 Å². The number of nitrogens with one attached hydrogen (secondary N) is 4. The van der Waals surface area contributed by atoms with Crippen LogP contribution in [0, 0.1) is 30.1 Å². The van der Waals surface area contributed by atoms with Crippen molar-refractivity contribution < 1.29 is 24.3 Å². The van der Waals surface area contributed by atoms with Crippen LogP contribution in [0.3, 0.4) is 0 Å². The summed E-state index contributed by atoms with van der Waals surface area (Å²) in [6.45, 7) is 3.66. The monoisotopic (exact) mass is 483 g/mol. The normalized spacial score (nSPS) is 24.1. The van der Waals surface area contributed by atoms with Crippen LogP contribution in [0.4, 0.5) is 0 Å². The molecule has 2 aliphatic heterocycles. The molecule has 2 heterocycles. The van der Waals surface area contributed by atoms with Gasteiger partial charge in [0.2, 0.25) is 11.8 Å². The molecule has 2 amide bonds. The first-order chi connectivity index (χ1) is 16.9. The molecule has 1 aromatic rings. The average Bonchev–Trinajstić information content (AvgIpc) is 2.87. The largest absolute Gasteiger partial charge is 0.383 e. The number of hydrogen-bond donors (Lipinski definition) is 5. The minimum atomic E-state index is -0.800. The topological polar surface area (TPSA) is 153 Å². The molecular weight excluding hydrogens is 450 g/mol. The molecule has 0 spiro atoms. The number of hydrogen-bond acceptors (Lipinski definition) is 8. The third kappa shape index (κ3) is 6.74. The molecule has 10 nitrogen and oxygen atoms in total. The number of piperidine rings is 1. The fraction of sp³-hybridized carbons (Fsp3) is 0.520. The summed E-state index contributed by atoms with van der Waals surface area (Å²) >= 11 is 0. The molecule has 5 N–H and O–H groups in total. The lowest BCUT2D eigenvalue weighted by Gasteiger charge is -2.37. The second kappa shape index (κ2) is 12.6. The van der Waals surface area contributed by atoms with Crippen molar-refractivity contribution in [2.24, 2.45) is 11.8 Å². The Morgan fingerprint density at radius 1 is 1.29 bits per heavy atom. The summed E-state index contributed by atoms with van der Waals surface area (Å²) in [4.78, 5) is 38.2. The summed E-state index contributed by atoms with van der Waals surface area (Å²) in [5.41, 5.74) is 5.23. The second-order valence-corrected chi connectivity index (χ2v) is 9.06. The maximum absolute atomic E-state index is 13.5. The Bertz CT molecular complexity index is 1020. The zero-order valence-corrected chi connectivity index (χ0v) is 20.1. The van der Waals surface area contributed by atoms with Gasteiger partial charge in [0.1, 0.15) is 0 Å². The van der Waals surface area contributed by atoms with E-state index in [-0.39, 0.29) is 24.0 Å². The number of ether oxygens (including phenoxy) is 1. The van der Waals surface area contributed by atoms with Crippen LogP contribution < -0.4 is 21.4 Å². The van der Waals surface area contributed by atoms with Gasteiger partial charge in [-0.25, -0.2) is 5.48 Å². The van der Waals surface area contributed by atoms with Gasteiger partial charge in [0.05, 0.1) is 36.2 Å². The zero-order valence-electron chi connectivity index (χ0n) is 20.1. The van der Waals surface area contributed by atoms with Crippen molar-refractivity contribution in [1.82, 2.24) is 21.4 Å². The first kappa shape index (κ1) is 26.5. The van der Waals surface area contributed by atoms with E-state index >= 15 is 0 Å². The highest BCUT2D eigenvalue weighted by Gasteiger charge is 2.42. The Morgan fingerprint density at radius 2 is 2.09 bits per heavy atom.